The van der Waals surface area contributed by atoms with Crippen molar-refractivity contribution in [2.24, 2.45) is 5.92 Å². The Morgan fingerprint density at radius 2 is 1.96 bits per heavy atom. The molecule has 2 heterocycles. The molecule has 138 valence electrons. The van der Waals surface area contributed by atoms with Gasteiger partial charge in [-0.05, 0) is 49.4 Å². The molecule has 0 bridgehead atoms. The van der Waals surface area contributed by atoms with E-state index in [1.807, 2.05) is 11.0 Å². The summed E-state index contributed by atoms with van der Waals surface area (Å²) in [6.07, 6.45) is 1.14. The molecule has 1 saturated carbocycles. The number of alkyl halides is 3. The summed E-state index contributed by atoms with van der Waals surface area (Å²) >= 11 is 0. The Kier molecular flexibility index (Phi) is 4.34. The number of halogens is 3. The van der Waals surface area contributed by atoms with E-state index in [-0.39, 0.29) is 12.0 Å². The third-order valence-electron chi connectivity index (χ3n) is 6.07. The maximum Gasteiger partial charge on any atom is 0.418 e. The number of piperidine rings is 1. The van der Waals surface area contributed by atoms with Gasteiger partial charge < -0.3 is 15.0 Å². The minimum Gasteiger partial charge on any atom is -0.493 e. The number of hydrogen-bond donors (Lipinski definition) is 1. The predicted octanol–water partition coefficient (Wildman–Crippen LogP) is 4.17. The molecule has 2 fully saturated rings. The summed E-state index contributed by atoms with van der Waals surface area (Å²) in [7, 11) is 1.79. The number of rotatable bonds is 3. The number of ether oxygens (including phenoxy) is 1. The van der Waals surface area contributed by atoms with E-state index in [9.17, 15) is 13.2 Å². The molecule has 6 heteroatoms. The van der Waals surface area contributed by atoms with Gasteiger partial charge in [0.1, 0.15) is 5.75 Å². The quantitative estimate of drug-likeness (QED) is 0.882. The number of nitrogens with one attached hydrogen (secondary N) is 1. The van der Waals surface area contributed by atoms with Gasteiger partial charge in [0.25, 0.3) is 0 Å². The van der Waals surface area contributed by atoms with E-state index >= 15 is 0 Å². The number of fused-ring (bicyclic) bond motifs is 3. The number of nitrogens with zero attached hydrogens (tertiary/aromatic N) is 1. The Morgan fingerprint density at radius 1 is 1.20 bits per heavy atom. The molecule has 0 unspecified atom stereocenters. The smallest absolute Gasteiger partial charge is 0.418 e. The van der Waals surface area contributed by atoms with Crippen LogP contribution in [0, 0.1) is 5.92 Å². The molecule has 0 amide bonds. The standard InChI is InChI=1S/C19H25F3N2O/c1-24-17-6-7-23-10-15(17)14-8-13(25-11-12-4-2-3-5-12)9-16(18(14)24)19(20,21)22/h8-9,12,15,17,23H,2-7,10-11H2,1H3/t15-,17-/m1/s1. The Bertz CT molecular complexity index is 640. The van der Waals surface area contributed by atoms with Crippen molar-refractivity contribution in [1.82, 2.24) is 5.32 Å². The number of benzene rings is 1. The van der Waals surface area contributed by atoms with Gasteiger partial charge in [-0.25, -0.2) is 0 Å². The fourth-order valence-corrected chi connectivity index (χ4v) is 4.79. The average molecular weight is 354 g/mol. The predicted molar refractivity (Wildman–Crippen MR) is 91.3 cm³/mol. The van der Waals surface area contributed by atoms with E-state index in [4.69, 9.17) is 4.74 Å². The Labute approximate surface area is 146 Å². The minimum atomic E-state index is -4.37. The molecular weight excluding hydrogens is 329 g/mol. The zero-order valence-electron chi connectivity index (χ0n) is 14.5. The first kappa shape index (κ1) is 17.0. The molecule has 0 aromatic heterocycles. The van der Waals surface area contributed by atoms with Crippen molar-refractivity contribution in [1.29, 1.82) is 0 Å². The Hall–Kier alpha value is -1.43. The van der Waals surface area contributed by atoms with Crippen LogP contribution in [0.15, 0.2) is 12.1 Å². The molecule has 4 rings (SSSR count). The molecule has 2 aliphatic heterocycles. The van der Waals surface area contributed by atoms with Gasteiger partial charge in [-0.1, -0.05) is 12.8 Å². The molecule has 0 radical (unpaired) electrons. The maximum absolute atomic E-state index is 13.7. The summed E-state index contributed by atoms with van der Waals surface area (Å²) in [5.74, 6) is 0.955. The van der Waals surface area contributed by atoms with Gasteiger partial charge in [0, 0.05) is 25.6 Å². The van der Waals surface area contributed by atoms with E-state index in [1.165, 1.54) is 18.9 Å². The first-order valence-electron chi connectivity index (χ1n) is 9.26. The third-order valence-corrected chi connectivity index (χ3v) is 6.07. The summed E-state index contributed by atoms with van der Waals surface area (Å²) in [5.41, 5.74) is 0.582. The number of likely N-dealkylation sites (N-methyl/N-ethyl adjacent to an activating group) is 1. The Morgan fingerprint density at radius 3 is 2.68 bits per heavy atom. The SMILES string of the molecule is CN1c2c(cc(OCC3CCCC3)cc2C(F)(F)F)[C@H]2CNCC[C@H]21. The molecule has 1 aliphatic carbocycles. The van der Waals surface area contributed by atoms with Crippen molar-refractivity contribution in [2.75, 3.05) is 31.6 Å². The molecule has 1 saturated heterocycles. The largest absolute Gasteiger partial charge is 0.493 e. The van der Waals surface area contributed by atoms with Gasteiger partial charge >= 0.3 is 6.18 Å². The topological polar surface area (TPSA) is 24.5 Å². The van der Waals surface area contributed by atoms with Crippen LogP contribution in [0.25, 0.3) is 0 Å². The third kappa shape index (κ3) is 3.09. The average Bonchev–Trinajstić information content (AvgIpc) is 3.20. The van der Waals surface area contributed by atoms with Crippen molar-refractivity contribution in [3.63, 3.8) is 0 Å². The highest BCUT2D eigenvalue weighted by molar-refractivity contribution is 5.69. The van der Waals surface area contributed by atoms with Crippen LogP contribution < -0.4 is 15.0 Å². The molecule has 25 heavy (non-hydrogen) atoms. The van der Waals surface area contributed by atoms with Crippen molar-refractivity contribution < 1.29 is 17.9 Å². The molecule has 3 aliphatic rings. The van der Waals surface area contributed by atoms with Crippen LogP contribution >= 0.6 is 0 Å². The van der Waals surface area contributed by atoms with Crippen molar-refractivity contribution in [2.45, 2.75) is 50.2 Å². The molecule has 2 atom stereocenters. The van der Waals surface area contributed by atoms with Crippen LogP contribution in [0.3, 0.4) is 0 Å². The van der Waals surface area contributed by atoms with Crippen molar-refractivity contribution >= 4 is 5.69 Å². The molecule has 1 aromatic carbocycles. The zero-order chi connectivity index (χ0) is 17.6. The highest BCUT2D eigenvalue weighted by Crippen LogP contribution is 2.50. The van der Waals surface area contributed by atoms with Gasteiger partial charge in [0.2, 0.25) is 0 Å². The van der Waals surface area contributed by atoms with Gasteiger partial charge in [-0.2, -0.15) is 13.2 Å². The lowest BCUT2D eigenvalue weighted by atomic mass is 9.89. The van der Waals surface area contributed by atoms with Crippen molar-refractivity contribution in [3.05, 3.63) is 23.3 Å². The lowest BCUT2D eigenvalue weighted by Gasteiger charge is -2.31. The first-order chi connectivity index (χ1) is 11.9. The van der Waals surface area contributed by atoms with Crippen LogP contribution in [0.1, 0.15) is 49.1 Å². The number of anilines is 1. The van der Waals surface area contributed by atoms with Crippen LogP contribution in [-0.2, 0) is 6.18 Å². The van der Waals surface area contributed by atoms with Gasteiger partial charge in [-0.15, -0.1) is 0 Å². The monoisotopic (exact) mass is 354 g/mol. The summed E-state index contributed by atoms with van der Waals surface area (Å²) in [6.45, 7) is 2.11. The second kappa shape index (κ2) is 6.38. The van der Waals surface area contributed by atoms with E-state index < -0.39 is 11.7 Å². The van der Waals surface area contributed by atoms with E-state index in [0.717, 1.165) is 37.9 Å². The number of hydrogen-bond acceptors (Lipinski definition) is 3. The van der Waals surface area contributed by atoms with Crippen molar-refractivity contribution in [3.8, 4) is 5.75 Å². The fourth-order valence-electron chi connectivity index (χ4n) is 4.79. The fraction of sp³-hybridized carbons (Fsp3) is 0.684. The van der Waals surface area contributed by atoms with Crippen LogP contribution in [0.5, 0.6) is 5.75 Å². The lowest BCUT2D eigenvalue weighted by Crippen LogP contribution is -2.42. The summed E-state index contributed by atoms with van der Waals surface area (Å²) in [4.78, 5) is 1.84. The second-order valence-electron chi connectivity index (χ2n) is 7.65. The summed E-state index contributed by atoms with van der Waals surface area (Å²) in [6, 6.07) is 3.20. The normalized spacial score (nSPS) is 26.6. The van der Waals surface area contributed by atoms with Gasteiger partial charge in [-0.3, -0.25) is 0 Å². The van der Waals surface area contributed by atoms with E-state index in [1.54, 1.807) is 7.05 Å². The first-order valence-corrected chi connectivity index (χ1v) is 9.26. The summed E-state index contributed by atoms with van der Waals surface area (Å²) < 4.78 is 47.0. The highest BCUT2D eigenvalue weighted by atomic mass is 19.4. The lowest BCUT2D eigenvalue weighted by molar-refractivity contribution is -0.137. The molecule has 1 aromatic rings. The minimum absolute atomic E-state index is 0.102. The van der Waals surface area contributed by atoms with Gasteiger partial charge in [0.05, 0.1) is 17.9 Å². The molecule has 0 spiro atoms. The molecule has 1 N–H and O–H groups in total. The molecular formula is C19H25F3N2O. The zero-order valence-corrected chi connectivity index (χ0v) is 14.5. The van der Waals surface area contributed by atoms with Gasteiger partial charge in [0.15, 0.2) is 0 Å². The van der Waals surface area contributed by atoms with Crippen LogP contribution in [0.4, 0.5) is 18.9 Å². The molecule has 3 nitrogen and oxygen atoms in total. The van der Waals surface area contributed by atoms with Crippen LogP contribution in [-0.4, -0.2) is 32.8 Å². The van der Waals surface area contributed by atoms with E-state index in [0.29, 0.717) is 24.0 Å². The Balaban J connectivity index is 1.68. The van der Waals surface area contributed by atoms with E-state index in [2.05, 4.69) is 5.32 Å². The van der Waals surface area contributed by atoms with Crippen LogP contribution in [0.2, 0.25) is 0 Å². The highest BCUT2D eigenvalue weighted by Gasteiger charge is 2.45. The maximum atomic E-state index is 13.7. The second-order valence-corrected chi connectivity index (χ2v) is 7.65. The summed E-state index contributed by atoms with van der Waals surface area (Å²) in [5, 5.41) is 3.32.